The molecule has 194 valence electrons. The Balaban J connectivity index is 0.973. The predicted octanol–water partition coefficient (Wildman–Crippen LogP) is 5.12. The van der Waals surface area contributed by atoms with Crippen molar-refractivity contribution in [3.05, 3.63) is 59.5 Å². The summed E-state index contributed by atoms with van der Waals surface area (Å²) in [4.78, 5) is 15.0. The summed E-state index contributed by atoms with van der Waals surface area (Å²) in [5, 5.41) is 8.32. The number of carbonyl (C=O) groups is 1. The molecule has 6 rings (SSSR count). The molecule has 1 aromatic heterocycles. The first-order chi connectivity index (χ1) is 18.1. The molecule has 37 heavy (non-hydrogen) atoms. The molecule has 2 fully saturated rings. The molecule has 1 aliphatic carbocycles. The summed E-state index contributed by atoms with van der Waals surface area (Å²) in [5.74, 6) is 2.54. The summed E-state index contributed by atoms with van der Waals surface area (Å²) in [6.45, 7) is 4.07. The van der Waals surface area contributed by atoms with Gasteiger partial charge in [0.1, 0.15) is 5.82 Å². The molecule has 0 radical (unpaired) electrons. The third-order valence-corrected chi connectivity index (χ3v) is 8.11. The minimum atomic E-state index is -0.298. The molecule has 3 heterocycles. The molecule has 0 bridgehead atoms. The second-order valence-electron chi connectivity index (χ2n) is 10.4. The van der Waals surface area contributed by atoms with Crippen molar-refractivity contribution in [3.63, 3.8) is 0 Å². The molecule has 1 amide bonds. The number of fused-ring (bicyclic) bond motifs is 2. The number of halogens is 1. The largest absolute Gasteiger partial charge is 0.454 e. The Labute approximate surface area is 215 Å². The molecule has 3 aromatic rings. The molecule has 7 nitrogen and oxygen atoms in total. The normalized spacial score (nSPS) is 22.3. The zero-order valence-electron chi connectivity index (χ0n) is 20.8. The molecule has 0 spiro atoms. The van der Waals surface area contributed by atoms with Gasteiger partial charge < -0.3 is 24.2 Å². The van der Waals surface area contributed by atoms with Crippen molar-refractivity contribution in [1.82, 2.24) is 15.4 Å². The highest BCUT2D eigenvalue weighted by Gasteiger charge is 2.31. The summed E-state index contributed by atoms with van der Waals surface area (Å²) in [6.07, 6.45) is 9.05. The van der Waals surface area contributed by atoms with Crippen molar-refractivity contribution in [2.45, 2.75) is 38.0 Å². The first-order valence-corrected chi connectivity index (χ1v) is 13.2. The smallest absolute Gasteiger partial charge is 0.244 e. The highest BCUT2D eigenvalue weighted by atomic mass is 19.1. The number of benzene rings is 2. The fourth-order valence-corrected chi connectivity index (χ4v) is 6.05. The van der Waals surface area contributed by atoms with Gasteiger partial charge in [-0.1, -0.05) is 17.6 Å². The lowest BCUT2D eigenvalue weighted by molar-refractivity contribution is -0.116. The predicted molar refractivity (Wildman–Crippen MR) is 138 cm³/mol. The van der Waals surface area contributed by atoms with Crippen LogP contribution >= 0.6 is 0 Å². The van der Waals surface area contributed by atoms with Crippen LogP contribution in [-0.4, -0.2) is 48.9 Å². The monoisotopic (exact) mass is 505 g/mol. The zero-order chi connectivity index (χ0) is 25.2. The number of amides is 1. The molecule has 1 saturated heterocycles. The number of piperidine rings is 1. The minimum absolute atomic E-state index is 0.0659. The highest BCUT2D eigenvalue weighted by Crippen LogP contribution is 2.36. The van der Waals surface area contributed by atoms with Gasteiger partial charge in [0, 0.05) is 36.5 Å². The molecule has 8 heteroatoms. The van der Waals surface area contributed by atoms with E-state index in [-0.39, 0.29) is 18.5 Å². The van der Waals surface area contributed by atoms with Gasteiger partial charge in [-0.25, -0.2) is 4.39 Å². The van der Waals surface area contributed by atoms with Crippen LogP contribution in [-0.2, 0) is 4.79 Å². The topological polar surface area (TPSA) is 76.8 Å². The Morgan fingerprint density at radius 1 is 1.05 bits per heavy atom. The van der Waals surface area contributed by atoms with Crippen molar-refractivity contribution >= 4 is 23.0 Å². The second-order valence-corrected chi connectivity index (χ2v) is 10.4. The Morgan fingerprint density at radius 2 is 1.89 bits per heavy atom. The van der Waals surface area contributed by atoms with E-state index in [4.69, 9.17) is 14.0 Å². The summed E-state index contributed by atoms with van der Waals surface area (Å²) in [5.41, 5.74) is 2.40. The average Bonchev–Trinajstić information content (AvgIpc) is 3.66. The van der Waals surface area contributed by atoms with Gasteiger partial charge in [0.05, 0.1) is 5.69 Å². The molecule has 1 saturated carbocycles. The second kappa shape index (κ2) is 10.5. The van der Waals surface area contributed by atoms with Crippen LogP contribution in [0.4, 0.5) is 4.39 Å². The number of nitrogens with one attached hydrogen (secondary N) is 1. The molecular weight excluding hydrogens is 473 g/mol. The van der Waals surface area contributed by atoms with Crippen molar-refractivity contribution in [2.24, 2.45) is 11.8 Å². The number of likely N-dealkylation sites (tertiary alicyclic amines) is 1. The molecule has 3 aliphatic rings. The number of hydrogen-bond donors (Lipinski definition) is 1. The van der Waals surface area contributed by atoms with Gasteiger partial charge in [-0.15, -0.1) is 0 Å². The molecule has 2 aliphatic heterocycles. The summed E-state index contributed by atoms with van der Waals surface area (Å²) >= 11 is 0. The lowest BCUT2D eigenvalue weighted by atomic mass is 9.89. The maximum absolute atomic E-state index is 13.5. The summed E-state index contributed by atoms with van der Waals surface area (Å²) in [6, 6.07) is 10.3. The molecule has 0 unspecified atom stereocenters. The number of aromatic nitrogens is 1. The third kappa shape index (κ3) is 5.34. The van der Waals surface area contributed by atoms with Crippen molar-refractivity contribution in [3.8, 4) is 11.5 Å². The van der Waals surface area contributed by atoms with Gasteiger partial charge in [-0.3, -0.25) is 4.79 Å². The van der Waals surface area contributed by atoms with Gasteiger partial charge in [-0.05, 0) is 86.5 Å². The minimum Gasteiger partial charge on any atom is -0.454 e. The van der Waals surface area contributed by atoms with E-state index in [1.54, 1.807) is 12.1 Å². The SMILES string of the molecule is O=C(C=Cc1ccc2c(c1)OCO2)NC[C@H]1CCC[C@@H]1CN1CCC(c2noc3cc(F)ccc23)CC1. The van der Waals surface area contributed by atoms with Crippen LogP contribution in [0.1, 0.15) is 49.3 Å². The van der Waals surface area contributed by atoms with Crippen LogP contribution in [0.3, 0.4) is 0 Å². The molecule has 2 atom stereocenters. The van der Waals surface area contributed by atoms with E-state index >= 15 is 0 Å². The number of ether oxygens (including phenoxy) is 2. The van der Waals surface area contributed by atoms with E-state index in [2.05, 4.69) is 15.4 Å². The lowest BCUT2D eigenvalue weighted by Crippen LogP contribution is -2.39. The van der Waals surface area contributed by atoms with Crippen molar-refractivity contribution in [2.75, 3.05) is 33.0 Å². The third-order valence-electron chi connectivity index (χ3n) is 8.11. The number of hydrogen-bond acceptors (Lipinski definition) is 6. The Bertz CT molecular complexity index is 1300. The number of rotatable bonds is 7. The Morgan fingerprint density at radius 3 is 2.78 bits per heavy atom. The highest BCUT2D eigenvalue weighted by molar-refractivity contribution is 5.91. The van der Waals surface area contributed by atoms with Gasteiger partial charge in [0.15, 0.2) is 17.1 Å². The van der Waals surface area contributed by atoms with E-state index in [1.807, 2.05) is 24.3 Å². The lowest BCUT2D eigenvalue weighted by Gasteiger charge is -2.34. The maximum atomic E-state index is 13.5. The number of carbonyl (C=O) groups excluding carboxylic acids is 1. The van der Waals surface area contributed by atoms with Crippen molar-refractivity contribution in [1.29, 1.82) is 0 Å². The maximum Gasteiger partial charge on any atom is 0.244 e. The van der Waals surface area contributed by atoms with Crippen LogP contribution in [0.15, 0.2) is 47.0 Å². The summed E-state index contributed by atoms with van der Waals surface area (Å²) < 4.78 is 29.6. The van der Waals surface area contributed by atoms with Gasteiger partial charge in [0.25, 0.3) is 0 Å². The standard InChI is InChI=1S/C29H32FN3O4/c30-23-6-7-24-26(15-23)37-32-29(24)20-10-12-33(13-11-20)17-22-3-1-2-21(22)16-31-28(34)9-5-19-4-8-25-27(14-19)36-18-35-25/h4-9,14-15,20-22H,1-3,10-13,16-18H2,(H,31,34)/t21-,22-/m1/s1. The van der Waals surface area contributed by atoms with E-state index in [0.29, 0.717) is 35.6 Å². The van der Waals surface area contributed by atoms with E-state index in [1.165, 1.54) is 25.0 Å². The van der Waals surface area contributed by atoms with Crippen LogP contribution < -0.4 is 14.8 Å². The van der Waals surface area contributed by atoms with Gasteiger partial charge in [-0.2, -0.15) is 0 Å². The molecule has 1 N–H and O–H groups in total. The van der Waals surface area contributed by atoms with Gasteiger partial charge >= 0.3 is 0 Å². The fraction of sp³-hybridized carbons (Fsp3) is 0.448. The van der Waals surface area contributed by atoms with Gasteiger partial charge in [0.2, 0.25) is 12.7 Å². The van der Waals surface area contributed by atoms with E-state index in [0.717, 1.165) is 61.3 Å². The van der Waals surface area contributed by atoms with Crippen molar-refractivity contribution < 1.29 is 23.2 Å². The molecule has 2 aromatic carbocycles. The van der Waals surface area contributed by atoms with Crippen LogP contribution in [0.2, 0.25) is 0 Å². The van der Waals surface area contributed by atoms with E-state index in [9.17, 15) is 9.18 Å². The number of nitrogens with zero attached hydrogens (tertiary/aromatic N) is 2. The fourth-order valence-electron chi connectivity index (χ4n) is 6.05. The first-order valence-electron chi connectivity index (χ1n) is 13.2. The Hall–Kier alpha value is -3.39. The van der Waals surface area contributed by atoms with Crippen LogP contribution in [0, 0.1) is 17.7 Å². The first kappa shape index (κ1) is 24.0. The average molecular weight is 506 g/mol. The zero-order valence-corrected chi connectivity index (χ0v) is 20.8. The van der Waals surface area contributed by atoms with E-state index < -0.39 is 0 Å². The quantitative estimate of drug-likeness (QED) is 0.449. The summed E-state index contributed by atoms with van der Waals surface area (Å²) in [7, 11) is 0. The van der Waals surface area contributed by atoms with Crippen LogP contribution in [0.5, 0.6) is 11.5 Å². The molecular formula is C29H32FN3O4. The van der Waals surface area contributed by atoms with Crippen LogP contribution in [0.25, 0.3) is 17.0 Å². The Kier molecular flexibility index (Phi) is 6.83.